The fourth-order valence-corrected chi connectivity index (χ4v) is 2.00. The molecule has 0 bridgehead atoms. The number of hydrogen-bond acceptors (Lipinski definition) is 2. The summed E-state index contributed by atoms with van der Waals surface area (Å²) in [5, 5.41) is 2.68. The molecule has 3 N–H and O–H groups in total. The van der Waals surface area contributed by atoms with Gasteiger partial charge in [-0.15, -0.1) is 0 Å². The smallest absolute Gasteiger partial charge is 0.257 e. The van der Waals surface area contributed by atoms with Crippen molar-refractivity contribution in [2.75, 3.05) is 11.1 Å². The predicted octanol–water partition coefficient (Wildman–Crippen LogP) is 3.76. The molecule has 0 unspecified atom stereocenters. The largest absolute Gasteiger partial charge is 0.398 e. The Hall–Kier alpha value is -2.14. The molecule has 0 spiro atoms. The van der Waals surface area contributed by atoms with E-state index in [1.54, 1.807) is 13.0 Å². The number of benzene rings is 2. The first-order valence-corrected chi connectivity index (χ1v) is 6.08. The maximum Gasteiger partial charge on any atom is 0.257 e. The van der Waals surface area contributed by atoms with Crippen molar-refractivity contribution in [2.45, 2.75) is 6.92 Å². The fraction of sp³-hybridized carbons (Fsp3) is 0.0714. The van der Waals surface area contributed by atoms with Crippen LogP contribution in [-0.2, 0) is 0 Å². The van der Waals surface area contributed by atoms with E-state index in [1.807, 2.05) is 0 Å². The predicted molar refractivity (Wildman–Crippen MR) is 74.9 cm³/mol. The molecule has 104 valence electrons. The Labute approximate surface area is 119 Å². The summed E-state index contributed by atoms with van der Waals surface area (Å²) in [7, 11) is 0. The first kappa shape index (κ1) is 14.3. The van der Waals surface area contributed by atoms with Gasteiger partial charge < -0.3 is 11.1 Å². The lowest BCUT2D eigenvalue weighted by Crippen LogP contribution is -2.15. The molecule has 0 aliphatic heterocycles. The number of nitrogens with one attached hydrogen (secondary N) is 1. The monoisotopic (exact) mass is 296 g/mol. The second-order valence-corrected chi connectivity index (χ2v) is 4.70. The second kappa shape index (κ2) is 5.46. The Morgan fingerprint density at radius 3 is 2.60 bits per heavy atom. The third kappa shape index (κ3) is 2.88. The number of anilines is 2. The van der Waals surface area contributed by atoms with Crippen LogP contribution in [0, 0.1) is 18.6 Å². The van der Waals surface area contributed by atoms with Crippen LogP contribution in [0.15, 0.2) is 30.3 Å². The zero-order valence-electron chi connectivity index (χ0n) is 10.5. The molecule has 3 nitrogen and oxygen atoms in total. The Kier molecular flexibility index (Phi) is 3.90. The van der Waals surface area contributed by atoms with Crippen molar-refractivity contribution in [2.24, 2.45) is 0 Å². The third-order valence-corrected chi connectivity index (χ3v) is 2.99. The highest BCUT2D eigenvalue weighted by Crippen LogP contribution is 2.24. The number of nitrogen functional groups attached to an aromatic ring is 1. The minimum Gasteiger partial charge on any atom is -0.398 e. The summed E-state index contributed by atoms with van der Waals surface area (Å²) in [5.74, 6) is -2.20. The van der Waals surface area contributed by atoms with Crippen LogP contribution in [0.3, 0.4) is 0 Å². The number of rotatable bonds is 2. The highest BCUT2D eigenvalue weighted by atomic mass is 35.5. The van der Waals surface area contributed by atoms with E-state index in [2.05, 4.69) is 5.32 Å². The average molecular weight is 297 g/mol. The van der Waals surface area contributed by atoms with E-state index in [1.165, 1.54) is 6.07 Å². The van der Waals surface area contributed by atoms with Crippen molar-refractivity contribution in [1.82, 2.24) is 0 Å². The van der Waals surface area contributed by atoms with Crippen LogP contribution in [0.2, 0.25) is 5.02 Å². The molecule has 0 aliphatic carbocycles. The molecule has 0 radical (unpaired) electrons. The SMILES string of the molecule is Cc1cc(Cl)cc(C(=O)Nc2ccc(F)cc2F)c1N. The molecule has 1 amide bonds. The number of aryl methyl sites for hydroxylation is 1. The van der Waals surface area contributed by atoms with E-state index < -0.39 is 17.5 Å². The molecule has 0 saturated heterocycles. The number of hydrogen-bond donors (Lipinski definition) is 2. The van der Waals surface area contributed by atoms with Gasteiger partial charge in [0.15, 0.2) is 0 Å². The van der Waals surface area contributed by atoms with Crippen LogP contribution in [0.5, 0.6) is 0 Å². The normalized spacial score (nSPS) is 10.4. The van der Waals surface area contributed by atoms with Crippen molar-refractivity contribution in [1.29, 1.82) is 0 Å². The molecular formula is C14H11ClF2N2O. The van der Waals surface area contributed by atoms with Crippen molar-refractivity contribution in [3.63, 3.8) is 0 Å². The van der Waals surface area contributed by atoms with Crippen LogP contribution in [0.1, 0.15) is 15.9 Å². The lowest BCUT2D eigenvalue weighted by molar-refractivity contribution is 0.102. The molecule has 6 heteroatoms. The Morgan fingerprint density at radius 1 is 1.25 bits per heavy atom. The Morgan fingerprint density at radius 2 is 1.95 bits per heavy atom. The summed E-state index contributed by atoms with van der Waals surface area (Å²) in [6, 6.07) is 5.87. The van der Waals surface area contributed by atoms with Gasteiger partial charge in [0.2, 0.25) is 0 Å². The first-order chi connectivity index (χ1) is 9.38. The van der Waals surface area contributed by atoms with Crippen LogP contribution in [0.4, 0.5) is 20.2 Å². The summed E-state index contributed by atoms with van der Waals surface area (Å²) in [4.78, 5) is 12.1. The van der Waals surface area contributed by atoms with E-state index in [4.69, 9.17) is 17.3 Å². The molecule has 0 atom stereocenters. The van der Waals surface area contributed by atoms with Crippen LogP contribution < -0.4 is 11.1 Å². The Balaban J connectivity index is 2.33. The van der Waals surface area contributed by atoms with Gasteiger partial charge in [-0.2, -0.15) is 0 Å². The summed E-state index contributed by atoms with van der Waals surface area (Å²) in [6.45, 7) is 1.70. The molecule has 0 aromatic heterocycles. The standard InChI is InChI=1S/C14H11ClF2N2O/c1-7-4-8(15)5-10(13(7)18)14(20)19-12-3-2-9(16)6-11(12)17/h2-6H,18H2,1H3,(H,19,20). The van der Waals surface area contributed by atoms with Gasteiger partial charge in [-0.25, -0.2) is 8.78 Å². The minimum atomic E-state index is -0.865. The van der Waals surface area contributed by atoms with Gasteiger partial charge in [-0.1, -0.05) is 11.6 Å². The summed E-state index contributed by atoms with van der Waals surface area (Å²) in [6.07, 6.45) is 0. The molecule has 2 aromatic rings. The summed E-state index contributed by atoms with van der Waals surface area (Å²) >= 11 is 5.86. The number of halogens is 3. The lowest BCUT2D eigenvalue weighted by atomic mass is 10.1. The van der Waals surface area contributed by atoms with Crippen LogP contribution >= 0.6 is 11.6 Å². The number of nitrogens with two attached hydrogens (primary N) is 1. The summed E-state index contributed by atoms with van der Waals surface area (Å²) < 4.78 is 26.3. The maximum absolute atomic E-state index is 13.5. The second-order valence-electron chi connectivity index (χ2n) is 4.26. The van der Waals surface area contributed by atoms with Gasteiger partial charge in [0.05, 0.1) is 11.3 Å². The molecule has 0 saturated carbocycles. The topological polar surface area (TPSA) is 55.1 Å². The minimum absolute atomic E-state index is 0.131. The molecule has 0 heterocycles. The highest BCUT2D eigenvalue weighted by molar-refractivity contribution is 6.31. The zero-order valence-corrected chi connectivity index (χ0v) is 11.3. The fourth-order valence-electron chi connectivity index (χ4n) is 1.72. The van der Waals surface area contributed by atoms with Gasteiger partial charge in [-0.05, 0) is 36.8 Å². The van der Waals surface area contributed by atoms with Crippen LogP contribution in [-0.4, -0.2) is 5.91 Å². The number of carbonyl (C=O) groups is 1. The van der Waals surface area contributed by atoms with E-state index >= 15 is 0 Å². The molecule has 20 heavy (non-hydrogen) atoms. The van der Waals surface area contributed by atoms with Gasteiger partial charge in [0.1, 0.15) is 11.6 Å². The van der Waals surface area contributed by atoms with E-state index in [-0.39, 0.29) is 16.9 Å². The van der Waals surface area contributed by atoms with Crippen molar-refractivity contribution in [3.8, 4) is 0 Å². The number of amides is 1. The first-order valence-electron chi connectivity index (χ1n) is 5.70. The lowest BCUT2D eigenvalue weighted by Gasteiger charge is -2.10. The van der Waals surface area contributed by atoms with E-state index in [0.29, 0.717) is 16.7 Å². The van der Waals surface area contributed by atoms with Gasteiger partial charge in [0.25, 0.3) is 5.91 Å². The van der Waals surface area contributed by atoms with Crippen molar-refractivity contribution < 1.29 is 13.6 Å². The molecule has 0 aliphatic rings. The Bertz CT molecular complexity index is 689. The average Bonchev–Trinajstić information content (AvgIpc) is 2.37. The van der Waals surface area contributed by atoms with E-state index in [9.17, 15) is 13.6 Å². The van der Waals surface area contributed by atoms with E-state index in [0.717, 1.165) is 12.1 Å². The molecule has 2 aromatic carbocycles. The van der Waals surface area contributed by atoms with Gasteiger partial charge >= 0.3 is 0 Å². The maximum atomic E-state index is 13.5. The molecule has 2 rings (SSSR count). The number of carbonyl (C=O) groups excluding carboxylic acids is 1. The quantitative estimate of drug-likeness (QED) is 0.829. The van der Waals surface area contributed by atoms with Crippen molar-refractivity contribution >= 4 is 28.9 Å². The molecular weight excluding hydrogens is 286 g/mol. The van der Waals surface area contributed by atoms with Gasteiger partial charge in [0, 0.05) is 16.8 Å². The third-order valence-electron chi connectivity index (χ3n) is 2.78. The highest BCUT2D eigenvalue weighted by Gasteiger charge is 2.15. The summed E-state index contributed by atoms with van der Waals surface area (Å²) in [5.41, 5.74) is 6.70. The molecule has 0 fully saturated rings. The van der Waals surface area contributed by atoms with Gasteiger partial charge in [-0.3, -0.25) is 4.79 Å². The van der Waals surface area contributed by atoms with Crippen LogP contribution in [0.25, 0.3) is 0 Å². The zero-order chi connectivity index (χ0) is 14.9. The van der Waals surface area contributed by atoms with Crippen molar-refractivity contribution in [3.05, 3.63) is 58.1 Å².